The molecule has 1 aliphatic rings. The van der Waals surface area contributed by atoms with Crippen molar-refractivity contribution in [1.29, 1.82) is 0 Å². The lowest BCUT2D eigenvalue weighted by Gasteiger charge is -2.26. The van der Waals surface area contributed by atoms with Crippen LogP contribution in [0.15, 0.2) is 41.8 Å². The topological polar surface area (TPSA) is 33.7 Å². The largest absolute Gasteiger partial charge is 0.488 e. The van der Waals surface area contributed by atoms with Gasteiger partial charge < -0.3 is 14.8 Å². The second-order valence-corrected chi connectivity index (χ2v) is 7.03. The Morgan fingerprint density at radius 3 is 2.54 bits per heavy atom. The minimum atomic E-state index is 0. The van der Waals surface area contributed by atoms with Gasteiger partial charge in [-0.2, -0.15) is 0 Å². The number of morpholine rings is 1. The van der Waals surface area contributed by atoms with E-state index in [0.29, 0.717) is 6.61 Å². The zero-order valence-electron chi connectivity index (χ0n) is 14.9. The van der Waals surface area contributed by atoms with Crippen molar-refractivity contribution in [2.24, 2.45) is 0 Å². The van der Waals surface area contributed by atoms with E-state index < -0.39 is 0 Å². The first kappa shape index (κ1) is 23.2. The Hall–Kier alpha value is -0.820. The van der Waals surface area contributed by atoms with E-state index in [2.05, 4.69) is 52.0 Å². The lowest BCUT2D eigenvalue weighted by Crippen LogP contribution is -2.37. The second kappa shape index (κ2) is 13.4. The van der Waals surface area contributed by atoms with Crippen molar-refractivity contribution in [3.63, 3.8) is 0 Å². The molecule has 1 aromatic carbocycles. The molecule has 0 aliphatic carbocycles. The number of ether oxygens (including phenoxy) is 2. The highest BCUT2D eigenvalue weighted by Crippen LogP contribution is 2.16. The summed E-state index contributed by atoms with van der Waals surface area (Å²) >= 11 is 1.73. The average molecular weight is 419 g/mol. The highest BCUT2D eigenvalue weighted by molar-refractivity contribution is 7.09. The summed E-state index contributed by atoms with van der Waals surface area (Å²) in [5, 5.41) is 5.59. The minimum absolute atomic E-state index is 0. The van der Waals surface area contributed by atoms with Crippen LogP contribution in [0, 0.1) is 0 Å². The third kappa shape index (κ3) is 8.25. The van der Waals surface area contributed by atoms with Crippen LogP contribution in [0.5, 0.6) is 5.75 Å². The van der Waals surface area contributed by atoms with E-state index in [4.69, 9.17) is 9.47 Å². The van der Waals surface area contributed by atoms with Crippen LogP contribution in [0.1, 0.15) is 16.9 Å². The van der Waals surface area contributed by atoms with E-state index in [-0.39, 0.29) is 24.8 Å². The van der Waals surface area contributed by atoms with Crippen LogP contribution in [0.4, 0.5) is 0 Å². The molecule has 0 spiro atoms. The summed E-state index contributed by atoms with van der Waals surface area (Å²) in [7, 11) is 0. The predicted octanol–water partition coefficient (Wildman–Crippen LogP) is 3.98. The van der Waals surface area contributed by atoms with Crippen LogP contribution in [-0.4, -0.2) is 44.3 Å². The Kier molecular flexibility index (Phi) is 11.9. The summed E-state index contributed by atoms with van der Waals surface area (Å²) < 4.78 is 11.2. The van der Waals surface area contributed by atoms with E-state index in [1.54, 1.807) is 11.3 Å². The van der Waals surface area contributed by atoms with Gasteiger partial charge in [0, 0.05) is 24.5 Å². The Bertz CT molecular complexity index is 576. The maximum Gasteiger partial charge on any atom is 0.122 e. The Labute approximate surface area is 172 Å². The van der Waals surface area contributed by atoms with Gasteiger partial charge in [0.15, 0.2) is 0 Å². The van der Waals surface area contributed by atoms with Crippen molar-refractivity contribution in [2.45, 2.75) is 19.6 Å². The van der Waals surface area contributed by atoms with E-state index >= 15 is 0 Å². The van der Waals surface area contributed by atoms with Gasteiger partial charge in [-0.3, -0.25) is 4.90 Å². The van der Waals surface area contributed by atoms with E-state index in [1.807, 2.05) is 0 Å². The molecule has 1 N–H and O–H groups in total. The number of hydrogen-bond acceptors (Lipinski definition) is 5. The first-order valence-corrected chi connectivity index (χ1v) is 9.53. The normalized spacial score (nSPS) is 14.3. The van der Waals surface area contributed by atoms with Crippen LogP contribution in [0.25, 0.3) is 0 Å². The number of nitrogens with zero attached hydrogens (tertiary/aromatic N) is 1. The maximum atomic E-state index is 5.79. The van der Waals surface area contributed by atoms with E-state index in [0.717, 1.165) is 51.7 Å². The number of halogens is 2. The molecule has 0 bridgehead atoms. The highest BCUT2D eigenvalue weighted by Gasteiger charge is 2.08. The molecule has 1 saturated heterocycles. The molecule has 1 aliphatic heterocycles. The minimum Gasteiger partial charge on any atom is -0.488 e. The number of rotatable bonds is 9. The summed E-state index contributed by atoms with van der Waals surface area (Å²) in [5.41, 5.74) is 1.30. The van der Waals surface area contributed by atoms with Crippen molar-refractivity contribution in [3.05, 3.63) is 52.2 Å². The molecule has 7 heteroatoms. The van der Waals surface area contributed by atoms with Gasteiger partial charge in [-0.15, -0.1) is 36.2 Å². The molecule has 2 aromatic rings. The SMILES string of the molecule is Cl.Cl.c1csc(COc2ccc(CNCCCN3CCOCC3)cc2)c1. The predicted molar refractivity (Wildman–Crippen MR) is 113 cm³/mol. The number of thiophene rings is 1. The standard InChI is InChI=1S/C19H26N2O2S.2ClH/c1-3-19(24-14-1)16-23-18-6-4-17(5-7-18)15-20-8-2-9-21-10-12-22-13-11-21;;/h1,3-7,14,20H,2,8-13,15-16H2;2*1H. The van der Waals surface area contributed by atoms with Gasteiger partial charge in [-0.05, 0) is 48.7 Å². The molecule has 146 valence electrons. The van der Waals surface area contributed by atoms with Crippen LogP contribution in [0.3, 0.4) is 0 Å². The molecule has 0 unspecified atom stereocenters. The van der Waals surface area contributed by atoms with Gasteiger partial charge in [0.05, 0.1) is 13.2 Å². The molecule has 0 radical (unpaired) electrons. The number of hydrogen-bond donors (Lipinski definition) is 1. The van der Waals surface area contributed by atoms with Crippen LogP contribution >= 0.6 is 36.2 Å². The Morgan fingerprint density at radius 1 is 1.08 bits per heavy atom. The quantitative estimate of drug-likeness (QED) is 0.624. The molecular formula is C19H28Cl2N2O2S. The Balaban J connectivity index is 0.00000169. The zero-order chi connectivity index (χ0) is 16.5. The number of nitrogens with one attached hydrogen (secondary N) is 1. The summed E-state index contributed by atoms with van der Waals surface area (Å²) in [6.07, 6.45) is 1.18. The fourth-order valence-electron chi connectivity index (χ4n) is 2.74. The van der Waals surface area contributed by atoms with E-state index in [9.17, 15) is 0 Å². The molecule has 2 heterocycles. The zero-order valence-corrected chi connectivity index (χ0v) is 17.3. The van der Waals surface area contributed by atoms with Gasteiger partial charge in [0.1, 0.15) is 12.4 Å². The fourth-order valence-corrected chi connectivity index (χ4v) is 3.35. The first-order chi connectivity index (χ1) is 11.9. The average Bonchev–Trinajstić information content (AvgIpc) is 3.15. The van der Waals surface area contributed by atoms with Gasteiger partial charge in [0.2, 0.25) is 0 Å². The smallest absolute Gasteiger partial charge is 0.122 e. The van der Waals surface area contributed by atoms with Crippen molar-refractivity contribution in [1.82, 2.24) is 10.2 Å². The van der Waals surface area contributed by atoms with Gasteiger partial charge in [-0.1, -0.05) is 18.2 Å². The molecule has 0 saturated carbocycles. The lowest BCUT2D eigenvalue weighted by molar-refractivity contribution is 0.0374. The van der Waals surface area contributed by atoms with Crippen molar-refractivity contribution in [2.75, 3.05) is 39.4 Å². The molecule has 26 heavy (non-hydrogen) atoms. The van der Waals surface area contributed by atoms with Crippen molar-refractivity contribution >= 4 is 36.2 Å². The fraction of sp³-hybridized carbons (Fsp3) is 0.474. The molecule has 1 fully saturated rings. The van der Waals surface area contributed by atoms with Gasteiger partial charge in [0.25, 0.3) is 0 Å². The number of benzene rings is 1. The molecule has 0 amide bonds. The van der Waals surface area contributed by atoms with E-state index in [1.165, 1.54) is 16.9 Å². The summed E-state index contributed by atoms with van der Waals surface area (Å²) in [6.45, 7) is 7.69. The second-order valence-electron chi connectivity index (χ2n) is 6.00. The van der Waals surface area contributed by atoms with Gasteiger partial charge in [-0.25, -0.2) is 0 Å². The highest BCUT2D eigenvalue weighted by atomic mass is 35.5. The van der Waals surface area contributed by atoms with Crippen LogP contribution in [-0.2, 0) is 17.9 Å². The maximum absolute atomic E-state index is 5.79. The summed E-state index contributed by atoms with van der Waals surface area (Å²) in [6, 6.07) is 12.5. The summed E-state index contributed by atoms with van der Waals surface area (Å²) in [4.78, 5) is 3.73. The van der Waals surface area contributed by atoms with Crippen molar-refractivity contribution < 1.29 is 9.47 Å². The van der Waals surface area contributed by atoms with Crippen LogP contribution in [0.2, 0.25) is 0 Å². The van der Waals surface area contributed by atoms with Crippen molar-refractivity contribution in [3.8, 4) is 5.75 Å². The molecule has 1 aromatic heterocycles. The summed E-state index contributed by atoms with van der Waals surface area (Å²) in [5.74, 6) is 0.930. The Morgan fingerprint density at radius 2 is 1.85 bits per heavy atom. The lowest BCUT2D eigenvalue weighted by atomic mass is 10.2. The third-order valence-corrected chi connectivity index (χ3v) is 5.00. The molecule has 3 rings (SSSR count). The van der Waals surface area contributed by atoms with Crippen LogP contribution < -0.4 is 10.1 Å². The first-order valence-electron chi connectivity index (χ1n) is 8.65. The van der Waals surface area contributed by atoms with Gasteiger partial charge >= 0.3 is 0 Å². The monoisotopic (exact) mass is 418 g/mol. The molecular weight excluding hydrogens is 391 g/mol. The third-order valence-electron chi connectivity index (χ3n) is 4.15. The molecule has 0 atom stereocenters. The molecule has 4 nitrogen and oxygen atoms in total.